The van der Waals surface area contributed by atoms with Crippen molar-refractivity contribution >= 4 is 23.5 Å². The predicted octanol–water partition coefficient (Wildman–Crippen LogP) is 1.60. The second-order valence-electron chi connectivity index (χ2n) is 6.39. The summed E-state index contributed by atoms with van der Waals surface area (Å²) in [5.41, 5.74) is 1.56. The van der Waals surface area contributed by atoms with E-state index < -0.39 is 11.9 Å². The number of rotatable bonds is 5. The summed E-state index contributed by atoms with van der Waals surface area (Å²) in [6, 6.07) is 15.3. The summed E-state index contributed by atoms with van der Waals surface area (Å²) in [7, 11) is 0. The molecule has 2 aromatic carbocycles. The Balaban J connectivity index is 1.64. The van der Waals surface area contributed by atoms with E-state index in [0.717, 1.165) is 5.56 Å². The van der Waals surface area contributed by atoms with Crippen LogP contribution in [0.15, 0.2) is 54.6 Å². The molecule has 0 radical (unpaired) electrons. The van der Waals surface area contributed by atoms with Crippen LogP contribution in [0.3, 0.4) is 0 Å². The number of anilines is 1. The van der Waals surface area contributed by atoms with E-state index in [1.165, 1.54) is 24.3 Å². The number of hydrogen-bond acceptors (Lipinski definition) is 4. The molecule has 6 heteroatoms. The van der Waals surface area contributed by atoms with Crippen molar-refractivity contribution in [3.63, 3.8) is 0 Å². The molecule has 2 atom stereocenters. The van der Waals surface area contributed by atoms with Crippen molar-refractivity contribution in [2.75, 3.05) is 11.9 Å². The van der Waals surface area contributed by atoms with Crippen LogP contribution in [0.25, 0.3) is 0 Å². The molecule has 0 saturated carbocycles. The largest absolute Gasteiger partial charge is 0.545 e. The van der Waals surface area contributed by atoms with Gasteiger partial charge < -0.3 is 20.1 Å². The average molecular weight is 351 g/mol. The molecule has 1 aliphatic heterocycles. The summed E-state index contributed by atoms with van der Waals surface area (Å²) in [6.45, 7) is 2.31. The van der Waals surface area contributed by atoms with Gasteiger partial charge in [0, 0.05) is 18.7 Å². The topological polar surface area (TPSA) is 89.5 Å². The molecule has 1 N–H and O–H groups in total. The predicted molar refractivity (Wildman–Crippen MR) is 94.1 cm³/mol. The third kappa shape index (κ3) is 3.74. The van der Waals surface area contributed by atoms with E-state index in [1.54, 1.807) is 4.90 Å². The lowest BCUT2D eigenvalue weighted by Crippen LogP contribution is -2.30. The van der Waals surface area contributed by atoms with Crippen molar-refractivity contribution in [3.8, 4) is 0 Å². The fraction of sp³-hybridized carbons (Fsp3) is 0.250. The molecule has 1 heterocycles. The molecule has 1 fully saturated rings. The fourth-order valence-electron chi connectivity index (χ4n) is 3.13. The standard InChI is InChI=1S/C20H20N2O4/c1-13(14-5-3-2-4-6-14)22-12-16(11-18(22)23)19(24)21-17-9-7-15(8-10-17)20(25)26/h2-10,13,16H,11-12H2,1H3,(H,21,24)(H,25,26)/p-1/t13-,16+/m1/s1. The van der Waals surface area contributed by atoms with Gasteiger partial charge in [0.15, 0.2) is 0 Å². The summed E-state index contributed by atoms with van der Waals surface area (Å²) >= 11 is 0. The fourth-order valence-corrected chi connectivity index (χ4v) is 3.13. The Morgan fingerprint density at radius 1 is 1.12 bits per heavy atom. The summed E-state index contributed by atoms with van der Waals surface area (Å²) in [6.07, 6.45) is 0.167. The van der Waals surface area contributed by atoms with Crippen molar-refractivity contribution in [3.05, 3.63) is 65.7 Å². The number of carboxylic acids is 1. The molecule has 0 aromatic heterocycles. The second-order valence-corrected chi connectivity index (χ2v) is 6.39. The first-order valence-electron chi connectivity index (χ1n) is 8.42. The average Bonchev–Trinajstić information content (AvgIpc) is 3.04. The van der Waals surface area contributed by atoms with E-state index in [1.807, 2.05) is 37.3 Å². The summed E-state index contributed by atoms with van der Waals surface area (Å²) in [5.74, 6) is -2.00. The smallest absolute Gasteiger partial charge is 0.229 e. The third-order valence-electron chi connectivity index (χ3n) is 4.67. The van der Waals surface area contributed by atoms with E-state index in [9.17, 15) is 19.5 Å². The number of benzene rings is 2. The van der Waals surface area contributed by atoms with Gasteiger partial charge in [0.25, 0.3) is 0 Å². The maximum absolute atomic E-state index is 12.5. The van der Waals surface area contributed by atoms with Gasteiger partial charge in [-0.15, -0.1) is 0 Å². The maximum atomic E-state index is 12.5. The van der Waals surface area contributed by atoms with Crippen LogP contribution in [0, 0.1) is 5.92 Å². The van der Waals surface area contributed by atoms with Gasteiger partial charge >= 0.3 is 0 Å². The van der Waals surface area contributed by atoms with Crippen LogP contribution >= 0.6 is 0 Å². The molecule has 0 spiro atoms. The van der Waals surface area contributed by atoms with Crippen molar-refractivity contribution < 1.29 is 19.5 Å². The molecule has 2 aromatic rings. The molecule has 1 saturated heterocycles. The van der Waals surface area contributed by atoms with Crippen molar-refractivity contribution in [1.29, 1.82) is 0 Å². The van der Waals surface area contributed by atoms with Crippen LogP contribution in [0.5, 0.6) is 0 Å². The Hall–Kier alpha value is -3.15. The molecule has 134 valence electrons. The lowest BCUT2D eigenvalue weighted by atomic mass is 10.1. The molecule has 0 unspecified atom stereocenters. The Kier molecular flexibility index (Phi) is 5.02. The Morgan fingerprint density at radius 2 is 1.77 bits per heavy atom. The highest BCUT2D eigenvalue weighted by molar-refractivity contribution is 5.97. The second kappa shape index (κ2) is 7.39. The zero-order chi connectivity index (χ0) is 18.7. The minimum Gasteiger partial charge on any atom is -0.545 e. The molecule has 0 aliphatic carbocycles. The highest BCUT2D eigenvalue weighted by Gasteiger charge is 2.36. The quantitative estimate of drug-likeness (QED) is 0.886. The number of nitrogens with one attached hydrogen (secondary N) is 1. The zero-order valence-electron chi connectivity index (χ0n) is 14.3. The molecule has 3 rings (SSSR count). The highest BCUT2D eigenvalue weighted by Crippen LogP contribution is 2.29. The van der Waals surface area contributed by atoms with Crippen LogP contribution in [0.4, 0.5) is 5.69 Å². The van der Waals surface area contributed by atoms with Gasteiger partial charge in [-0.05, 0) is 30.2 Å². The highest BCUT2D eigenvalue weighted by atomic mass is 16.4. The van der Waals surface area contributed by atoms with Gasteiger partial charge in [0.05, 0.1) is 17.9 Å². The lowest BCUT2D eigenvalue weighted by molar-refractivity contribution is -0.255. The first-order chi connectivity index (χ1) is 12.5. The van der Waals surface area contributed by atoms with E-state index in [2.05, 4.69) is 5.32 Å². The molecule has 0 bridgehead atoms. The number of carboxylic acid groups (broad SMARTS) is 1. The van der Waals surface area contributed by atoms with E-state index in [0.29, 0.717) is 12.2 Å². The minimum absolute atomic E-state index is 0.0434. The first kappa shape index (κ1) is 17.7. The minimum atomic E-state index is -1.27. The Labute approximate surface area is 151 Å². The monoisotopic (exact) mass is 351 g/mol. The molecular weight excluding hydrogens is 332 g/mol. The molecule has 26 heavy (non-hydrogen) atoms. The molecule has 2 amide bonds. The van der Waals surface area contributed by atoms with Gasteiger partial charge in [-0.2, -0.15) is 0 Å². The van der Waals surface area contributed by atoms with Crippen molar-refractivity contribution in [2.24, 2.45) is 5.92 Å². The van der Waals surface area contributed by atoms with Crippen LogP contribution in [-0.4, -0.2) is 29.2 Å². The van der Waals surface area contributed by atoms with E-state index in [-0.39, 0.29) is 29.8 Å². The number of carbonyl (C=O) groups excluding carboxylic acids is 3. The number of hydrogen-bond donors (Lipinski definition) is 1. The normalized spacial score (nSPS) is 17.8. The van der Waals surface area contributed by atoms with Gasteiger partial charge in [-0.3, -0.25) is 9.59 Å². The SMILES string of the molecule is C[C@H](c1ccccc1)N1C[C@@H](C(=O)Nc2ccc(C(=O)[O-])cc2)CC1=O. The Morgan fingerprint density at radius 3 is 2.38 bits per heavy atom. The van der Waals surface area contributed by atoms with E-state index in [4.69, 9.17) is 0 Å². The number of aromatic carboxylic acids is 1. The van der Waals surface area contributed by atoms with Gasteiger partial charge in [-0.25, -0.2) is 0 Å². The number of amides is 2. The summed E-state index contributed by atoms with van der Waals surface area (Å²) in [5, 5.41) is 13.5. The maximum Gasteiger partial charge on any atom is 0.229 e. The molecule has 6 nitrogen and oxygen atoms in total. The first-order valence-corrected chi connectivity index (χ1v) is 8.42. The summed E-state index contributed by atoms with van der Waals surface area (Å²) in [4.78, 5) is 37.3. The number of likely N-dealkylation sites (tertiary alicyclic amines) is 1. The van der Waals surface area contributed by atoms with Crippen LogP contribution in [-0.2, 0) is 9.59 Å². The van der Waals surface area contributed by atoms with Gasteiger partial charge in [0.1, 0.15) is 0 Å². The third-order valence-corrected chi connectivity index (χ3v) is 4.67. The summed E-state index contributed by atoms with van der Waals surface area (Å²) < 4.78 is 0. The van der Waals surface area contributed by atoms with Crippen LogP contribution < -0.4 is 10.4 Å². The lowest BCUT2D eigenvalue weighted by Gasteiger charge is -2.25. The van der Waals surface area contributed by atoms with Gasteiger partial charge in [0.2, 0.25) is 11.8 Å². The number of carbonyl (C=O) groups is 3. The van der Waals surface area contributed by atoms with Crippen LogP contribution in [0.1, 0.15) is 35.3 Å². The Bertz CT molecular complexity index is 817. The zero-order valence-corrected chi connectivity index (χ0v) is 14.3. The molecule has 1 aliphatic rings. The van der Waals surface area contributed by atoms with Gasteiger partial charge in [-0.1, -0.05) is 42.5 Å². The van der Waals surface area contributed by atoms with Crippen LogP contribution in [0.2, 0.25) is 0 Å². The van der Waals surface area contributed by atoms with Crippen molar-refractivity contribution in [1.82, 2.24) is 4.90 Å². The number of nitrogens with zero attached hydrogens (tertiary/aromatic N) is 1. The molecular formula is C20H19N2O4-. The van der Waals surface area contributed by atoms with Crippen molar-refractivity contribution in [2.45, 2.75) is 19.4 Å². The van der Waals surface area contributed by atoms with E-state index >= 15 is 0 Å².